The van der Waals surface area contributed by atoms with Crippen LogP contribution in [-0.4, -0.2) is 39.1 Å². The number of unbranched alkanes of at least 4 members (excludes halogenated alkanes) is 1. The molecular weight excluding hydrogens is 380 g/mol. The normalized spacial score (nSPS) is 15.7. The second-order valence-electron chi connectivity index (χ2n) is 7.70. The minimum atomic E-state index is 0.576. The van der Waals surface area contributed by atoms with Gasteiger partial charge in [0.2, 0.25) is 0 Å². The van der Waals surface area contributed by atoms with Gasteiger partial charge in [-0.15, -0.1) is 11.3 Å². The largest absolute Gasteiger partial charge is 0.377 e. The summed E-state index contributed by atoms with van der Waals surface area (Å²) < 4.78 is 8.17. The number of aryl methyl sites for hydroxylation is 1. The first-order valence-electron chi connectivity index (χ1n) is 10.6. The van der Waals surface area contributed by atoms with E-state index in [4.69, 9.17) is 9.72 Å². The van der Waals surface area contributed by atoms with Crippen molar-refractivity contribution in [2.24, 2.45) is 0 Å². The molecule has 6 heteroatoms. The van der Waals surface area contributed by atoms with Crippen molar-refractivity contribution >= 4 is 11.3 Å². The van der Waals surface area contributed by atoms with Gasteiger partial charge in [-0.25, -0.2) is 9.97 Å². The zero-order valence-electron chi connectivity index (χ0n) is 16.9. The molecule has 1 aliphatic rings. The van der Waals surface area contributed by atoms with Gasteiger partial charge in [-0.1, -0.05) is 30.3 Å². The highest BCUT2D eigenvalue weighted by Crippen LogP contribution is 2.28. The summed E-state index contributed by atoms with van der Waals surface area (Å²) >= 11 is 1.75. The molecule has 154 valence electrons. The summed E-state index contributed by atoms with van der Waals surface area (Å²) in [6.07, 6.45) is 10.6. The second kappa shape index (κ2) is 10.7. The number of nitrogens with zero attached hydrogens (tertiary/aromatic N) is 4. The van der Waals surface area contributed by atoms with Crippen LogP contribution in [0.25, 0.3) is 0 Å². The number of piperidine rings is 1. The molecule has 0 N–H and O–H groups in total. The molecule has 3 aromatic rings. The molecule has 0 saturated carbocycles. The van der Waals surface area contributed by atoms with Crippen LogP contribution in [0.3, 0.4) is 0 Å². The van der Waals surface area contributed by atoms with E-state index in [1.54, 1.807) is 11.3 Å². The van der Waals surface area contributed by atoms with Crippen molar-refractivity contribution in [2.45, 2.75) is 51.3 Å². The van der Waals surface area contributed by atoms with E-state index in [2.05, 4.69) is 50.3 Å². The van der Waals surface area contributed by atoms with Crippen molar-refractivity contribution in [3.63, 3.8) is 0 Å². The lowest BCUT2D eigenvalue weighted by Crippen LogP contribution is -2.33. The maximum Gasteiger partial charge on any atom is 0.111 e. The number of rotatable bonds is 10. The maximum atomic E-state index is 5.81. The molecule has 0 spiro atoms. The zero-order chi connectivity index (χ0) is 19.7. The number of hydrogen-bond acceptors (Lipinski definition) is 5. The minimum Gasteiger partial charge on any atom is -0.377 e. The molecule has 2 aromatic heterocycles. The Morgan fingerprint density at radius 1 is 1.03 bits per heavy atom. The Balaban J connectivity index is 1.16. The number of imidazole rings is 1. The molecule has 0 atom stereocenters. The van der Waals surface area contributed by atoms with Gasteiger partial charge in [-0.05, 0) is 44.3 Å². The van der Waals surface area contributed by atoms with Gasteiger partial charge < -0.3 is 9.30 Å². The molecule has 0 aliphatic carbocycles. The predicted octanol–water partition coefficient (Wildman–Crippen LogP) is 4.72. The van der Waals surface area contributed by atoms with Gasteiger partial charge in [-0.3, -0.25) is 4.90 Å². The van der Waals surface area contributed by atoms with Crippen LogP contribution in [0.4, 0.5) is 0 Å². The minimum absolute atomic E-state index is 0.576. The highest BCUT2D eigenvalue weighted by Gasteiger charge is 2.24. The van der Waals surface area contributed by atoms with E-state index in [0.717, 1.165) is 45.6 Å². The molecule has 0 bridgehead atoms. The van der Waals surface area contributed by atoms with Crippen LogP contribution in [0.15, 0.2) is 54.3 Å². The van der Waals surface area contributed by atoms with E-state index in [9.17, 15) is 0 Å². The molecular formula is C23H30N4OS. The van der Waals surface area contributed by atoms with Crippen molar-refractivity contribution < 1.29 is 4.74 Å². The smallest absolute Gasteiger partial charge is 0.111 e. The first-order chi connectivity index (χ1) is 14.4. The fraction of sp³-hybridized carbons (Fsp3) is 0.478. The van der Waals surface area contributed by atoms with Gasteiger partial charge in [0, 0.05) is 43.0 Å². The first kappa shape index (κ1) is 20.3. The third kappa shape index (κ3) is 5.98. The lowest BCUT2D eigenvalue weighted by atomic mass is 9.96. The quantitative estimate of drug-likeness (QED) is 0.454. The van der Waals surface area contributed by atoms with E-state index in [1.807, 2.05) is 18.5 Å². The van der Waals surface area contributed by atoms with Crippen LogP contribution in [0.1, 0.15) is 48.0 Å². The SMILES string of the molecule is c1ccc(COCCCCn2ccnc2C2CCN(Cc3nccs3)CC2)cc1. The van der Waals surface area contributed by atoms with Crippen LogP contribution >= 0.6 is 11.3 Å². The van der Waals surface area contributed by atoms with Crippen LogP contribution in [0, 0.1) is 0 Å². The maximum absolute atomic E-state index is 5.81. The van der Waals surface area contributed by atoms with Crippen LogP contribution < -0.4 is 0 Å². The lowest BCUT2D eigenvalue weighted by Gasteiger charge is -2.31. The molecule has 1 aromatic carbocycles. The Hall–Kier alpha value is -2.02. The lowest BCUT2D eigenvalue weighted by molar-refractivity contribution is 0.116. The number of hydrogen-bond donors (Lipinski definition) is 0. The summed E-state index contributed by atoms with van der Waals surface area (Å²) in [5.74, 6) is 1.84. The van der Waals surface area contributed by atoms with Gasteiger partial charge in [0.25, 0.3) is 0 Å². The van der Waals surface area contributed by atoms with Crippen molar-refractivity contribution in [2.75, 3.05) is 19.7 Å². The molecule has 4 rings (SSSR count). The van der Waals surface area contributed by atoms with Gasteiger partial charge >= 0.3 is 0 Å². The Bertz CT molecular complexity index is 826. The van der Waals surface area contributed by atoms with E-state index in [1.165, 1.54) is 29.2 Å². The number of thiazole rings is 1. The summed E-state index contributed by atoms with van der Waals surface area (Å²) in [4.78, 5) is 11.6. The zero-order valence-corrected chi connectivity index (χ0v) is 17.8. The van der Waals surface area contributed by atoms with Crippen LogP contribution in [0.2, 0.25) is 0 Å². The van der Waals surface area contributed by atoms with Crippen molar-refractivity contribution in [3.8, 4) is 0 Å². The molecule has 1 aliphatic heterocycles. The topological polar surface area (TPSA) is 43.2 Å². The number of benzene rings is 1. The fourth-order valence-electron chi connectivity index (χ4n) is 3.99. The van der Waals surface area contributed by atoms with Crippen LogP contribution in [-0.2, 0) is 24.4 Å². The Morgan fingerprint density at radius 2 is 1.90 bits per heavy atom. The second-order valence-corrected chi connectivity index (χ2v) is 8.68. The summed E-state index contributed by atoms with van der Waals surface area (Å²) in [5.41, 5.74) is 1.24. The Morgan fingerprint density at radius 3 is 2.69 bits per heavy atom. The monoisotopic (exact) mass is 410 g/mol. The molecule has 29 heavy (non-hydrogen) atoms. The summed E-state index contributed by atoms with van der Waals surface area (Å²) in [6.45, 7) is 5.80. The molecule has 1 fully saturated rings. The number of aromatic nitrogens is 3. The summed E-state index contributed by atoms with van der Waals surface area (Å²) in [5, 5.41) is 3.28. The average Bonchev–Trinajstić information content (AvgIpc) is 3.44. The third-order valence-electron chi connectivity index (χ3n) is 5.59. The molecule has 3 heterocycles. The Labute approximate surface area is 177 Å². The first-order valence-corrected chi connectivity index (χ1v) is 11.5. The van der Waals surface area contributed by atoms with Crippen molar-refractivity contribution in [3.05, 3.63) is 70.7 Å². The molecule has 5 nitrogen and oxygen atoms in total. The predicted molar refractivity (Wildman–Crippen MR) is 117 cm³/mol. The standard InChI is InChI=1S/C23H30N4OS/c1-2-6-20(7-3-1)19-28-16-5-4-12-27-15-10-25-23(27)21-8-13-26(14-9-21)18-22-24-11-17-29-22/h1-3,6-7,10-11,15,17,21H,4-5,8-9,12-14,16,18-19H2. The van der Waals surface area contributed by atoms with E-state index >= 15 is 0 Å². The molecule has 0 unspecified atom stereocenters. The van der Waals surface area contributed by atoms with Crippen LogP contribution in [0.5, 0.6) is 0 Å². The van der Waals surface area contributed by atoms with Gasteiger partial charge in [0.1, 0.15) is 10.8 Å². The fourth-order valence-corrected chi connectivity index (χ4v) is 4.65. The highest BCUT2D eigenvalue weighted by atomic mass is 32.1. The van der Waals surface area contributed by atoms with Gasteiger partial charge in [-0.2, -0.15) is 0 Å². The Kier molecular flexibility index (Phi) is 7.45. The summed E-state index contributed by atoms with van der Waals surface area (Å²) in [6, 6.07) is 10.4. The van der Waals surface area contributed by atoms with E-state index in [0.29, 0.717) is 12.5 Å². The molecule has 0 amide bonds. The van der Waals surface area contributed by atoms with Crippen molar-refractivity contribution in [1.82, 2.24) is 19.4 Å². The molecule has 1 saturated heterocycles. The van der Waals surface area contributed by atoms with Gasteiger partial charge in [0.05, 0.1) is 13.2 Å². The highest BCUT2D eigenvalue weighted by molar-refractivity contribution is 7.09. The number of likely N-dealkylation sites (tertiary alicyclic amines) is 1. The van der Waals surface area contributed by atoms with Gasteiger partial charge in [0.15, 0.2) is 0 Å². The number of ether oxygens (including phenoxy) is 1. The average molecular weight is 411 g/mol. The van der Waals surface area contributed by atoms with Crippen molar-refractivity contribution in [1.29, 1.82) is 0 Å². The third-order valence-corrected chi connectivity index (χ3v) is 6.36. The van der Waals surface area contributed by atoms with E-state index in [-0.39, 0.29) is 0 Å². The molecule has 0 radical (unpaired) electrons. The summed E-state index contributed by atoms with van der Waals surface area (Å²) in [7, 11) is 0. The van der Waals surface area contributed by atoms with E-state index < -0.39 is 0 Å².